The lowest BCUT2D eigenvalue weighted by atomic mass is 9.98. The zero-order chi connectivity index (χ0) is 23.0. The number of nitrogens with zero attached hydrogens (tertiary/aromatic N) is 1. The van der Waals surface area contributed by atoms with E-state index in [0.29, 0.717) is 12.1 Å². The number of nitro benzene ring substituents is 1. The number of hydrogen-bond acceptors (Lipinski definition) is 8. The topological polar surface area (TPSA) is 148 Å². The van der Waals surface area contributed by atoms with Crippen LogP contribution < -0.4 is 5.32 Å². The molecule has 0 fully saturated rings. The van der Waals surface area contributed by atoms with E-state index in [1.54, 1.807) is 24.3 Å². The number of carbonyl (C=O) groups is 2. The summed E-state index contributed by atoms with van der Waals surface area (Å²) in [5, 5.41) is 33.9. The largest absolute Gasteiger partial charge is 0.465 e. The van der Waals surface area contributed by atoms with E-state index in [1.165, 1.54) is 0 Å². The smallest absolute Gasteiger partial charge is 0.407 e. The van der Waals surface area contributed by atoms with Crippen molar-refractivity contribution in [2.24, 2.45) is 0 Å². The van der Waals surface area contributed by atoms with E-state index in [9.17, 15) is 34.3 Å². The third-order valence-corrected chi connectivity index (χ3v) is 4.32. The molecule has 166 valence electrons. The third kappa shape index (κ3) is 6.46. The molecule has 0 radical (unpaired) electrons. The molecule has 2 atom stereocenters. The lowest BCUT2D eigenvalue weighted by Crippen LogP contribution is -2.30. The molecule has 0 heterocycles. The molecular weight excluding hydrogens is 415 g/mol. The van der Waals surface area contributed by atoms with Gasteiger partial charge in [-0.3, -0.25) is 10.1 Å². The predicted molar refractivity (Wildman–Crippen MR) is 105 cm³/mol. The Balaban J connectivity index is 1.95. The number of esters is 1. The molecule has 0 spiro atoms. The molecule has 11 heteroatoms. The Labute approximate surface area is 176 Å². The number of hydrogen-bond donors (Lipinski definition) is 3. The normalized spacial score (nSPS) is 12.5. The number of rotatable bonds is 9. The summed E-state index contributed by atoms with van der Waals surface area (Å²) in [6, 6.07) is 10.2. The molecular formula is C20H21FN2O8. The Kier molecular flexibility index (Phi) is 8.41. The molecule has 2 aromatic rings. The molecule has 1 amide bonds. The van der Waals surface area contributed by atoms with Gasteiger partial charge in [-0.15, -0.1) is 0 Å². The second kappa shape index (κ2) is 11.0. The van der Waals surface area contributed by atoms with Crippen LogP contribution in [0, 0.1) is 15.9 Å². The van der Waals surface area contributed by atoms with Gasteiger partial charge < -0.3 is 25.0 Å². The van der Waals surface area contributed by atoms with Crippen LogP contribution in [0.25, 0.3) is 0 Å². The molecule has 3 N–H and O–H groups in total. The minimum absolute atomic E-state index is 0.0409. The summed E-state index contributed by atoms with van der Waals surface area (Å²) in [6.45, 7) is -0.0743. The first-order valence-corrected chi connectivity index (χ1v) is 9.11. The molecule has 0 aromatic heterocycles. The van der Waals surface area contributed by atoms with Crippen LogP contribution in [0.3, 0.4) is 0 Å². The van der Waals surface area contributed by atoms with Crippen molar-refractivity contribution in [2.45, 2.75) is 25.2 Å². The number of ether oxygens (including phenoxy) is 2. The summed E-state index contributed by atoms with van der Waals surface area (Å²) >= 11 is 0. The fourth-order valence-corrected chi connectivity index (χ4v) is 2.69. The fourth-order valence-electron chi connectivity index (χ4n) is 2.69. The number of carbonyl (C=O) groups excluding carboxylic acids is 2. The summed E-state index contributed by atoms with van der Waals surface area (Å²) < 4.78 is 23.7. The van der Waals surface area contributed by atoms with E-state index in [4.69, 9.17) is 4.74 Å². The predicted octanol–water partition coefficient (Wildman–Crippen LogP) is 2.23. The Morgan fingerprint density at radius 2 is 1.90 bits per heavy atom. The molecule has 0 bridgehead atoms. The number of amides is 1. The molecule has 2 rings (SSSR count). The summed E-state index contributed by atoms with van der Waals surface area (Å²) in [6.07, 6.45) is -4.36. The maximum absolute atomic E-state index is 14.3. The van der Waals surface area contributed by atoms with E-state index in [2.05, 4.69) is 10.1 Å². The molecule has 31 heavy (non-hydrogen) atoms. The molecule has 2 aromatic carbocycles. The SMILES string of the molecule is COC(=O)c1cc(F)c(C(O)C(O)CCNC(=O)OCc2ccccc2)cc1[N+](=O)[O-]. The average molecular weight is 436 g/mol. The van der Waals surface area contributed by atoms with Crippen molar-refractivity contribution < 1.29 is 38.6 Å². The third-order valence-electron chi connectivity index (χ3n) is 4.32. The zero-order valence-corrected chi connectivity index (χ0v) is 16.5. The number of aliphatic hydroxyl groups is 2. The van der Waals surface area contributed by atoms with Gasteiger partial charge in [0, 0.05) is 18.2 Å². The van der Waals surface area contributed by atoms with Crippen molar-refractivity contribution >= 4 is 17.7 Å². The van der Waals surface area contributed by atoms with Gasteiger partial charge >= 0.3 is 12.1 Å². The van der Waals surface area contributed by atoms with Crippen LogP contribution in [0.15, 0.2) is 42.5 Å². The number of nitro groups is 1. The molecule has 0 aliphatic rings. The van der Waals surface area contributed by atoms with Gasteiger partial charge in [-0.25, -0.2) is 14.0 Å². The first-order chi connectivity index (χ1) is 14.7. The lowest BCUT2D eigenvalue weighted by Gasteiger charge is -2.19. The summed E-state index contributed by atoms with van der Waals surface area (Å²) in [5.74, 6) is -2.25. The number of alkyl carbamates (subject to hydrolysis) is 1. The van der Waals surface area contributed by atoms with Crippen LogP contribution in [-0.4, -0.2) is 47.0 Å². The Bertz CT molecular complexity index is 938. The highest BCUT2D eigenvalue weighted by Crippen LogP contribution is 2.29. The first kappa shape index (κ1) is 23.7. The van der Waals surface area contributed by atoms with Crippen molar-refractivity contribution in [3.8, 4) is 0 Å². The van der Waals surface area contributed by atoms with E-state index >= 15 is 0 Å². The van der Waals surface area contributed by atoms with Crippen molar-refractivity contribution in [3.05, 3.63) is 75.1 Å². The van der Waals surface area contributed by atoms with E-state index in [0.717, 1.165) is 12.7 Å². The monoisotopic (exact) mass is 436 g/mol. The second-order valence-electron chi connectivity index (χ2n) is 6.43. The van der Waals surface area contributed by atoms with Gasteiger partial charge in [0.05, 0.1) is 18.1 Å². The molecule has 0 saturated heterocycles. The number of halogens is 1. The molecule has 2 unspecified atom stereocenters. The molecule has 0 aliphatic carbocycles. The molecule has 0 saturated carbocycles. The minimum atomic E-state index is -1.84. The summed E-state index contributed by atoms with van der Waals surface area (Å²) in [4.78, 5) is 33.5. The number of benzene rings is 2. The van der Waals surface area contributed by atoms with Gasteiger partial charge in [0.1, 0.15) is 24.1 Å². The quantitative estimate of drug-likeness (QED) is 0.308. The van der Waals surface area contributed by atoms with Gasteiger partial charge in [-0.2, -0.15) is 0 Å². The number of methoxy groups -OCH3 is 1. The van der Waals surface area contributed by atoms with Gasteiger partial charge in [0.25, 0.3) is 5.69 Å². The number of nitrogens with one attached hydrogen (secondary N) is 1. The Hall–Kier alpha value is -3.57. The highest BCUT2D eigenvalue weighted by Gasteiger charge is 2.29. The number of aliphatic hydroxyl groups excluding tert-OH is 2. The van der Waals surface area contributed by atoms with Crippen molar-refractivity contribution in [1.29, 1.82) is 0 Å². The average Bonchev–Trinajstić information content (AvgIpc) is 2.76. The summed E-state index contributed by atoms with van der Waals surface area (Å²) in [7, 11) is 0.980. The first-order valence-electron chi connectivity index (χ1n) is 9.11. The summed E-state index contributed by atoms with van der Waals surface area (Å²) in [5.41, 5.74) is -1.20. The van der Waals surface area contributed by atoms with Gasteiger partial charge in [0.2, 0.25) is 0 Å². The van der Waals surface area contributed by atoms with Gasteiger partial charge in [0.15, 0.2) is 0 Å². The fraction of sp³-hybridized carbons (Fsp3) is 0.300. The van der Waals surface area contributed by atoms with Crippen LogP contribution in [0.1, 0.15) is 34.0 Å². The Morgan fingerprint density at radius 3 is 2.52 bits per heavy atom. The highest BCUT2D eigenvalue weighted by atomic mass is 19.1. The van der Waals surface area contributed by atoms with Gasteiger partial charge in [-0.05, 0) is 18.1 Å². The van der Waals surface area contributed by atoms with Crippen LogP contribution in [-0.2, 0) is 16.1 Å². The van der Waals surface area contributed by atoms with Crippen LogP contribution in [0.4, 0.5) is 14.9 Å². The zero-order valence-electron chi connectivity index (χ0n) is 16.5. The maximum Gasteiger partial charge on any atom is 0.407 e. The highest BCUT2D eigenvalue weighted by molar-refractivity contribution is 5.94. The lowest BCUT2D eigenvalue weighted by molar-refractivity contribution is -0.385. The molecule has 0 aliphatic heterocycles. The maximum atomic E-state index is 14.3. The second-order valence-corrected chi connectivity index (χ2v) is 6.43. The van der Waals surface area contributed by atoms with Crippen molar-refractivity contribution in [1.82, 2.24) is 5.32 Å². The van der Waals surface area contributed by atoms with Crippen molar-refractivity contribution in [2.75, 3.05) is 13.7 Å². The minimum Gasteiger partial charge on any atom is -0.465 e. The molecule has 10 nitrogen and oxygen atoms in total. The van der Waals surface area contributed by atoms with Crippen LogP contribution in [0.2, 0.25) is 0 Å². The Morgan fingerprint density at radius 1 is 1.23 bits per heavy atom. The van der Waals surface area contributed by atoms with Gasteiger partial charge in [-0.1, -0.05) is 30.3 Å². The van der Waals surface area contributed by atoms with Crippen LogP contribution in [0.5, 0.6) is 0 Å². The van der Waals surface area contributed by atoms with E-state index in [-0.39, 0.29) is 19.6 Å². The van der Waals surface area contributed by atoms with Crippen LogP contribution >= 0.6 is 0 Å². The van der Waals surface area contributed by atoms with Crippen molar-refractivity contribution in [3.63, 3.8) is 0 Å². The standard InChI is InChI=1S/C20H21FN2O8/c1-30-19(26)14-9-15(21)13(10-16(14)23(28)29)18(25)17(24)7-8-22-20(27)31-11-12-5-3-2-4-6-12/h2-6,9-10,17-18,24-25H,7-8,11H2,1H3,(H,22,27). The van der Waals surface area contributed by atoms with E-state index in [1.807, 2.05) is 6.07 Å². The van der Waals surface area contributed by atoms with E-state index < -0.39 is 51.8 Å².